The minimum atomic E-state index is -0.264. The quantitative estimate of drug-likeness (QED) is 0.486. The normalized spacial score (nSPS) is 23.5. The fourth-order valence-electron chi connectivity index (χ4n) is 6.73. The molecule has 2 aliphatic heterocycles. The van der Waals surface area contributed by atoms with Crippen molar-refractivity contribution in [2.24, 2.45) is 11.7 Å². The predicted molar refractivity (Wildman–Crippen MR) is 157 cm³/mol. The molecule has 3 fully saturated rings. The zero-order valence-electron chi connectivity index (χ0n) is 24.1. The summed E-state index contributed by atoms with van der Waals surface area (Å²) in [6.45, 7) is 12.5. The van der Waals surface area contributed by atoms with E-state index in [-0.39, 0.29) is 23.5 Å². The van der Waals surface area contributed by atoms with Crippen molar-refractivity contribution in [2.75, 3.05) is 50.8 Å². The molecule has 0 aromatic carbocycles. The van der Waals surface area contributed by atoms with E-state index in [2.05, 4.69) is 66.1 Å². The maximum atomic E-state index is 12.8. The van der Waals surface area contributed by atoms with Gasteiger partial charge >= 0.3 is 0 Å². The van der Waals surface area contributed by atoms with Gasteiger partial charge in [-0.2, -0.15) is 5.10 Å². The fraction of sp³-hybridized carbons (Fsp3) is 0.581. The number of aromatic nitrogens is 3. The number of carbonyl (C=O) groups excluding carboxylic acids is 1. The van der Waals surface area contributed by atoms with Gasteiger partial charge in [0.25, 0.3) is 0 Å². The summed E-state index contributed by atoms with van der Waals surface area (Å²) in [5.41, 5.74) is 11.0. The molecule has 3 aliphatic rings. The number of piperazine rings is 1. The summed E-state index contributed by atoms with van der Waals surface area (Å²) in [6, 6.07) is 9.33. The van der Waals surface area contributed by atoms with Gasteiger partial charge in [0.2, 0.25) is 5.91 Å². The number of nitrogens with zero attached hydrogens (tertiary/aromatic N) is 6. The third-order valence-electron chi connectivity index (χ3n) is 9.28. The third kappa shape index (κ3) is 5.10. The van der Waals surface area contributed by atoms with Gasteiger partial charge in [0.15, 0.2) is 0 Å². The molecule has 9 nitrogen and oxygen atoms in total. The lowest BCUT2D eigenvalue weighted by molar-refractivity contribution is -0.139. The summed E-state index contributed by atoms with van der Waals surface area (Å²) in [7, 11) is 0. The maximum absolute atomic E-state index is 12.8. The van der Waals surface area contributed by atoms with Gasteiger partial charge in [0.1, 0.15) is 0 Å². The molecular formula is C31H43N7O2. The molecule has 0 radical (unpaired) electrons. The smallest absolute Gasteiger partial charge is 0.225 e. The second kappa shape index (κ2) is 11.1. The summed E-state index contributed by atoms with van der Waals surface area (Å²) >= 11 is 0. The molecule has 3 aromatic rings. The van der Waals surface area contributed by atoms with E-state index >= 15 is 0 Å². The lowest BCUT2D eigenvalue weighted by Gasteiger charge is -2.43. The molecule has 2 saturated heterocycles. The molecule has 5 heterocycles. The Hall–Kier alpha value is -3.01. The zero-order chi connectivity index (χ0) is 27.9. The van der Waals surface area contributed by atoms with Gasteiger partial charge in [-0.25, -0.2) is 4.52 Å². The Bertz CT molecular complexity index is 1320. The van der Waals surface area contributed by atoms with Crippen molar-refractivity contribution in [3.05, 3.63) is 48.4 Å². The summed E-state index contributed by atoms with van der Waals surface area (Å²) in [5.74, 6) is 0.398. The second-order valence-electron chi connectivity index (χ2n) is 12.0. The van der Waals surface area contributed by atoms with E-state index in [0.29, 0.717) is 12.6 Å². The Morgan fingerprint density at radius 3 is 2.48 bits per heavy atom. The highest BCUT2D eigenvalue weighted by molar-refractivity contribution is 5.81. The monoisotopic (exact) mass is 545 g/mol. The first-order chi connectivity index (χ1) is 19.4. The Kier molecular flexibility index (Phi) is 7.54. The Labute approximate surface area is 237 Å². The Morgan fingerprint density at radius 1 is 1.10 bits per heavy atom. The van der Waals surface area contributed by atoms with E-state index in [0.717, 1.165) is 87.4 Å². The van der Waals surface area contributed by atoms with Crippen LogP contribution >= 0.6 is 0 Å². The van der Waals surface area contributed by atoms with Gasteiger partial charge in [-0.3, -0.25) is 9.78 Å². The van der Waals surface area contributed by atoms with Gasteiger partial charge in [-0.1, -0.05) is 6.07 Å². The van der Waals surface area contributed by atoms with Crippen LogP contribution in [0.1, 0.15) is 52.0 Å². The van der Waals surface area contributed by atoms with Crippen LogP contribution in [0, 0.1) is 5.92 Å². The highest BCUT2D eigenvalue weighted by atomic mass is 16.5. The summed E-state index contributed by atoms with van der Waals surface area (Å²) in [5, 5.41) is 4.58. The number of pyridine rings is 1. The van der Waals surface area contributed by atoms with Crippen LogP contribution < -0.4 is 10.6 Å². The lowest BCUT2D eigenvalue weighted by Crippen LogP contribution is -2.53. The Morgan fingerprint density at radius 2 is 1.85 bits per heavy atom. The van der Waals surface area contributed by atoms with E-state index in [1.807, 2.05) is 21.8 Å². The fourth-order valence-corrected chi connectivity index (χ4v) is 6.73. The van der Waals surface area contributed by atoms with Gasteiger partial charge in [-0.15, -0.1) is 0 Å². The van der Waals surface area contributed by atoms with E-state index in [1.54, 1.807) is 0 Å². The van der Waals surface area contributed by atoms with Gasteiger partial charge < -0.3 is 25.2 Å². The molecule has 0 atom stereocenters. The predicted octanol–water partition coefficient (Wildman–Crippen LogP) is 3.52. The van der Waals surface area contributed by atoms with Crippen LogP contribution in [0.4, 0.5) is 5.69 Å². The van der Waals surface area contributed by atoms with Gasteiger partial charge in [0.05, 0.1) is 22.5 Å². The van der Waals surface area contributed by atoms with Crippen molar-refractivity contribution in [2.45, 2.75) is 64.1 Å². The minimum absolute atomic E-state index is 0.123. The highest BCUT2D eigenvalue weighted by Crippen LogP contribution is 2.38. The number of rotatable bonds is 7. The first-order valence-electron chi connectivity index (χ1n) is 15.0. The number of ether oxygens (including phenoxy) is 1. The van der Waals surface area contributed by atoms with Crippen LogP contribution in [0.2, 0.25) is 0 Å². The van der Waals surface area contributed by atoms with Crippen molar-refractivity contribution >= 4 is 17.1 Å². The Balaban J connectivity index is 1.17. The summed E-state index contributed by atoms with van der Waals surface area (Å²) < 4.78 is 8.34. The second-order valence-corrected chi connectivity index (χ2v) is 12.0. The molecule has 0 spiro atoms. The molecule has 1 aliphatic carbocycles. The van der Waals surface area contributed by atoms with Crippen molar-refractivity contribution in [3.8, 4) is 11.3 Å². The molecule has 0 unspecified atom stereocenters. The number of carbonyl (C=O) groups is 1. The topological polar surface area (TPSA) is 92.2 Å². The molecule has 3 aromatic heterocycles. The van der Waals surface area contributed by atoms with Crippen LogP contribution in [-0.2, 0) is 15.1 Å². The zero-order valence-corrected chi connectivity index (χ0v) is 24.1. The number of likely N-dealkylation sites (tertiary alicyclic amines) is 1. The lowest BCUT2D eigenvalue weighted by atomic mass is 9.80. The van der Waals surface area contributed by atoms with Crippen molar-refractivity contribution in [1.29, 1.82) is 0 Å². The largest absolute Gasteiger partial charge is 0.370 e. The number of fused-ring (bicyclic) bond motifs is 1. The SMILES string of the molecule is CCOC1(c2ccc(-c3cc4c(N5CCN(C(=O)[C@H]6C[C@H](N)C6)CC5)ccnn4c3)nc2)CCN(C(C)C)CC1. The molecule has 6 rings (SSSR count). The number of hydrogen-bond acceptors (Lipinski definition) is 7. The number of nitrogens with two attached hydrogens (primary N) is 1. The summed E-state index contributed by atoms with van der Waals surface area (Å²) in [4.78, 5) is 24.6. The van der Waals surface area contributed by atoms with E-state index in [4.69, 9.17) is 15.5 Å². The van der Waals surface area contributed by atoms with Crippen LogP contribution in [0.3, 0.4) is 0 Å². The average molecular weight is 546 g/mol. The van der Waals surface area contributed by atoms with Crippen LogP contribution in [0.15, 0.2) is 42.9 Å². The molecule has 40 heavy (non-hydrogen) atoms. The van der Waals surface area contributed by atoms with E-state index in [1.165, 1.54) is 5.56 Å². The van der Waals surface area contributed by atoms with E-state index in [9.17, 15) is 4.79 Å². The number of anilines is 1. The standard InChI is InChI=1S/C31H43N7O2/c1-4-40-31(8-11-35(12-9-31)22(2)3)25-5-6-27(33-20-25)24-19-29-28(7-10-34-38(29)21-24)36-13-15-37(16-14-36)30(39)23-17-26(32)18-23/h5-7,10,19-23,26H,4,8-9,11-18,32H2,1-3H3/t23-,26-. The minimum Gasteiger partial charge on any atom is -0.370 e. The number of piperidine rings is 1. The summed E-state index contributed by atoms with van der Waals surface area (Å²) in [6.07, 6.45) is 9.54. The van der Waals surface area contributed by atoms with Crippen molar-refractivity contribution in [1.82, 2.24) is 24.4 Å². The molecule has 1 saturated carbocycles. The van der Waals surface area contributed by atoms with Gasteiger partial charge in [0, 0.05) is 93.6 Å². The van der Waals surface area contributed by atoms with E-state index < -0.39 is 0 Å². The molecule has 0 bridgehead atoms. The first-order valence-corrected chi connectivity index (χ1v) is 15.0. The van der Waals surface area contributed by atoms with Crippen molar-refractivity contribution in [3.63, 3.8) is 0 Å². The first kappa shape index (κ1) is 27.2. The molecule has 9 heteroatoms. The molecule has 2 N–H and O–H groups in total. The van der Waals surface area contributed by atoms with Gasteiger partial charge in [-0.05, 0) is 64.7 Å². The van der Waals surface area contributed by atoms with Crippen molar-refractivity contribution < 1.29 is 9.53 Å². The van der Waals surface area contributed by atoms with Crippen LogP contribution in [0.25, 0.3) is 16.8 Å². The number of hydrogen-bond donors (Lipinski definition) is 1. The van der Waals surface area contributed by atoms with Crippen LogP contribution in [0.5, 0.6) is 0 Å². The molecular weight excluding hydrogens is 502 g/mol. The van der Waals surface area contributed by atoms with Crippen LogP contribution in [-0.4, -0.2) is 88.3 Å². The number of amides is 1. The maximum Gasteiger partial charge on any atom is 0.225 e. The molecule has 1 amide bonds. The average Bonchev–Trinajstić information content (AvgIpc) is 3.40. The highest BCUT2D eigenvalue weighted by Gasteiger charge is 2.38. The molecule has 214 valence electrons. The third-order valence-corrected chi connectivity index (χ3v) is 9.28.